The van der Waals surface area contributed by atoms with Crippen LogP contribution in [0.15, 0.2) is 18.2 Å². The Morgan fingerprint density at radius 1 is 1.39 bits per heavy atom. The fourth-order valence-electron chi connectivity index (χ4n) is 2.60. The van der Waals surface area contributed by atoms with Crippen LogP contribution >= 0.6 is 11.6 Å². The molecule has 1 aromatic carbocycles. The number of halogens is 1. The molecule has 0 aliphatic carbocycles. The van der Waals surface area contributed by atoms with Gasteiger partial charge in [-0.3, -0.25) is 0 Å². The van der Waals surface area contributed by atoms with Gasteiger partial charge in [0.25, 0.3) is 0 Å². The predicted octanol–water partition coefficient (Wildman–Crippen LogP) is 2.41. The van der Waals surface area contributed by atoms with E-state index >= 15 is 0 Å². The van der Waals surface area contributed by atoms with E-state index in [1.807, 2.05) is 18.2 Å². The van der Waals surface area contributed by atoms with Gasteiger partial charge in [0.05, 0.1) is 6.61 Å². The monoisotopic (exact) mass is 267 g/mol. The van der Waals surface area contributed by atoms with Crippen molar-refractivity contribution in [3.8, 4) is 5.75 Å². The number of rotatable bonds is 3. The molecule has 2 heterocycles. The minimum absolute atomic E-state index is 0.223. The van der Waals surface area contributed by atoms with Crippen molar-refractivity contribution >= 4 is 11.6 Å². The van der Waals surface area contributed by atoms with E-state index in [1.165, 1.54) is 12.0 Å². The van der Waals surface area contributed by atoms with Crippen molar-refractivity contribution in [3.05, 3.63) is 28.8 Å². The smallest absolute Gasteiger partial charge is 0.123 e. The van der Waals surface area contributed by atoms with Crippen molar-refractivity contribution in [2.45, 2.75) is 31.4 Å². The molecule has 1 saturated heterocycles. The summed E-state index contributed by atoms with van der Waals surface area (Å²) in [6.07, 6.45) is 3.52. The first-order chi connectivity index (χ1) is 8.81. The van der Waals surface area contributed by atoms with Gasteiger partial charge in [0, 0.05) is 30.6 Å². The van der Waals surface area contributed by atoms with E-state index in [-0.39, 0.29) is 6.10 Å². The maximum atomic E-state index is 5.98. The van der Waals surface area contributed by atoms with Gasteiger partial charge in [-0.2, -0.15) is 0 Å². The van der Waals surface area contributed by atoms with Crippen molar-refractivity contribution < 1.29 is 9.47 Å². The summed E-state index contributed by atoms with van der Waals surface area (Å²) in [6.45, 7) is 2.61. The third-order valence-electron chi connectivity index (χ3n) is 3.56. The van der Waals surface area contributed by atoms with Crippen LogP contribution in [-0.2, 0) is 11.2 Å². The lowest BCUT2D eigenvalue weighted by Crippen LogP contribution is -2.41. The van der Waals surface area contributed by atoms with Gasteiger partial charge >= 0.3 is 0 Å². The fourth-order valence-corrected chi connectivity index (χ4v) is 2.80. The molecule has 1 aromatic rings. The van der Waals surface area contributed by atoms with Crippen molar-refractivity contribution in [2.24, 2.45) is 0 Å². The molecule has 0 saturated carbocycles. The topological polar surface area (TPSA) is 30.5 Å². The fraction of sp³-hybridized carbons (Fsp3) is 0.571. The van der Waals surface area contributed by atoms with Gasteiger partial charge in [-0.1, -0.05) is 11.6 Å². The van der Waals surface area contributed by atoms with Gasteiger partial charge in [-0.05, 0) is 36.6 Å². The van der Waals surface area contributed by atoms with Crippen LogP contribution in [0.1, 0.15) is 18.4 Å². The highest BCUT2D eigenvalue weighted by molar-refractivity contribution is 6.30. The van der Waals surface area contributed by atoms with Crippen molar-refractivity contribution in [1.82, 2.24) is 5.32 Å². The zero-order valence-electron chi connectivity index (χ0n) is 10.3. The van der Waals surface area contributed by atoms with Crippen LogP contribution in [0.25, 0.3) is 0 Å². The maximum absolute atomic E-state index is 5.98. The summed E-state index contributed by atoms with van der Waals surface area (Å²) in [5.41, 5.74) is 1.22. The van der Waals surface area contributed by atoms with E-state index < -0.39 is 0 Å². The van der Waals surface area contributed by atoms with Gasteiger partial charge in [-0.25, -0.2) is 0 Å². The molecule has 0 amide bonds. The van der Waals surface area contributed by atoms with E-state index in [0.717, 1.165) is 43.4 Å². The lowest BCUT2D eigenvalue weighted by Gasteiger charge is -2.24. The van der Waals surface area contributed by atoms with Gasteiger partial charge in [0.2, 0.25) is 0 Å². The highest BCUT2D eigenvalue weighted by atomic mass is 35.5. The van der Waals surface area contributed by atoms with Crippen LogP contribution in [0, 0.1) is 0 Å². The lowest BCUT2D eigenvalue weighted by molar-refractivity contribution is 0.0666. The molecule has 0 spiro atoms. The van der Waals surface area contributed by atoms with E-state index in [1.54, 1.807) is 0 Å². The average Bonchev–Trinajstić information content (AvgIpc) is 2.79. The van der Waals surface area contributed by atoms with Crippen LogP contribution < -0.4 is 10.1 Å². The minimum Gasteiger partial charge on any atom is -0.488 e. The Bertz CT molecular complexity index is 418. The molecule has 2 unspecified atom stereocenters. The molecule has 1 N–H and O–H groups in total. The molecular formula is C14H18ClNO2. The van der Waals surface area contributed by atoms with Crippen LogP contribution in [0.2, 0.25) is 5.02 Å². The molecule has 0 bridgehead atoms. The number of hydrogen-bond acceptors (Lipinski definition) is 3. The molecule has 0 radical (unpaired) electrons. The second-order valence-electron chi connectivity index (χ2n) is 5.02. The Labute approximate surface area is 112 Å². The summed E-state index contributed by atoms with van der Waals surface area (Å²) < 4.78 is 11.3. The second-order valence-corrected chi connectivity index (χ2v) is 5.45. The molecular weight excluding hydrogens is 250 g/mol. The highest BCUT2D eigenvalue weighted by Gasteiger charge is 2.24. The molecule has 4 heteroatoms. The van der Waals surface area contributed by atoms with Crippen LogP contribution in [0.3, 0.4) is 0 Å². The van der Waals surface area contributed by atoms with E-state index in [9.17, 15) is 0 Å². The molecule has 3 nitrogen and oxygen atoms in total. The van der Waals surface area contributed by atoms with Crippen LogP contribution in [0.4, 0.5) is 0 Å². The standard InChI is InChI=1S/C14H18ClNO2/c15-11-3-4-14-10(6-11)7-13(18-14)8-16-12-2-1-5-17-9-12/h3-4,6,12-13,16H,1-2,5,7-9H2. The summed E-state index contributed by atoms with van der Waals surface area (Å²) >= 11 is 5.98. The van der Waals surface area contributed by atoms with Crippen molar-refractivity contribution in [3.63, 3.8) is 0 Å². The quantitative estimate of drug-likeness (QED) is 0.912. The molecule has 98 valence electrons. The number of fused-ring (bicyclic) bond motifs is 1. The normalized spacial score (nSPS) is 26.7. The van der Waals surface area contributed by atoms with E-state index in [0.29, 0.717) is 6.04 Å². The van der Waals surface area contributed by atoms with Crippen LogP contribution in [0.5, 0.6) is 5.75 Å². The first-order valence-electron chi connectivity index (χ1n) is 6.57. The summed E-state index contributed by atoms with van der Waals surface area (Å²) in [5, 5.41) is 4.31. The molecule has 2 aliphatic heterocycles. The Morgan fingerprint density at radius 2 is 2.33 bits per heavy atom. The maximum Gasteiger partial charge on any atom is 0.123 e. The molecule has 2 atom stereocenters. The zero-order chi connectivity index (χ0) is 12.4. The number of nitrogens with one attached hydrogen (secondary N) is 1. The number of ether oxygens (including phenoxy) is 2. The van der Waals surface area contributed by atoms with Crippen molar-refractivity contribution in [2.75, 3.05) is 19.8 Å². The Hall–Kier alpha value is -0.770. The Balaban J connectivity index is 1.51. The SMILES string of the molecule is Clc1ccc2c(c1)CC(CNC1CCCOC1)O2. The second kappa shape index (κ2) is 5.47. The molecule has 1 fully saturated rings. The highest BCUT2D eigenvalue weighted by Crippen LogP contribution is 2.30. The van der Waals surface area contributed by atoms with Crippen molar-refractivity contribution in [1.29, 1.82) is 0 Å². The van der Waals surface area contributed by atoms with Gasteiger partial charge < -0.3 is 14.8 Å². The number of hydrogen-bond donors (Lipinski definition) is 1. The van der Waals surface area contributed by atoms with E-state index in [2.05, 4.69) is 5.32 Å². The summed E-state index contributed by atoms with van der Waals surface area (Å²) in [5.74, 6) is 0.978. The lowest BCUT2D eigenvalue weighted by atomic mass is 10.1. The zero-order valence-corrected chi connectivity index (χ0v) is 11.1. The molecule has 2 aliphatic rings. The predicted molar refractivity (Wildman–Crippen MR) is 71.4 cm³/mol. The van der Waals surface area contributed by atoms with Gasteiger partial charge in [0.15, 0.2) is 0 Å². The largest absolute Gasteiger partial charge is 0.488 e. The first kappa shape index (κ1) is 12.3. The Kier molecular flexibility index (Phi) is 3.73. The average molecular weight is 268 g/mol. The molecule has 0 aromatic heterocycles. The Morgan fingerprint density at radius 3 is 3.17 bits per heavy atom. The minimum atomic E-state index is 0.223. The summed E-state index contributed by atoms with van der Waals surface area (Å²) in [6, 6.07) is 6.32. The van der Waals surface area contributed by atoms with Gasteiger partial charge in [-0.15, -0.1) is 0 Å². The number of benzene rings is 1. The first-order valence-corrected chi connectivity index (χ1v) is 6.95. The summed E-state index contributed by atoms with van der Waals surface area (Å²) in [7, 11) is 0. The third kappa shape index (κ3) is 2.79. The van der Waals surface area contributed by atoms with Crippen LogP contribution in [-0.4, -0.2) is 31.9 Å². The van der Waals surface area contributed by atoms with Gasteiger partial charge in [0.1, 0.15) is 11.9 Å². The molecule has 18 heavy (non-hydrogen) atoms. The molecule has 3 rings (SSSR count). The third-order valence-corrected chi connectivity index (χ3v) is 3.79. The van der Waals surface area contributed by atoms with E-state index in [4.69, 9.17) is 21.1 Å². The summed E-state index contributed by atoms with van der Waals surface area (Å²) in [4.78, 5) is 0.